The molecule has 0 radical (unpaired) electrons. The van der Waals surface area contributed by atoms with Gasteiger partial charge in [0.1, 0.15) is 19.0 Å². The van der Waals surface area contributed by atoms with Gasteiger partial charge < -0.3 is 20.9 Å². The molecule has 17 heavy (non-hydrogen) atoms. The first-order valence-corrected chi connectivity index (χ1v) is 5.73. The van der Waals surface area contributed by atoms with Crippen LogP contribution in [0.4, 0.5) is 0 Å². The highest BCUT2D eigenvalue weighted by Crippen LogP contribution is 2.08. The van der Waals surface area contributed by atoms with E-state index in [1.807, 2.05) is 36.4 Å². The quantitative estimate of drug-likeness (QED) is 0.521. The summed E-state index contributed by atoms with van der Waals surface area (Å²) in [6.07, 6.45) is 1.95. The molecular formula is C13H20N2O2. The minimum Gasteiger partial charge on any atom is -0.494 e. The molecule has 94 valence electrons. The molecule has 0 unspecified atom stereocenters. The fourth-order valence-corrected chi connectivity index (χ4v) is 1.31. The van der Waals surface area contributed by atoms with Crippen molar-refractivity contribution in [3.8, 4) is 0 Å². The zero-order chi connectivity index (χ0) is 12.3. The molecule has 1 rings (SSSR count). The van der Waals surface area contributed by atoms with Crippen LogP contribution in [0.5, 0.6) is 0 Å². The van der Waals surface area contributed by atoms with Gasteiger partial charge in [-0.2, -0.15) is 0 Å². The minimum atomic E-state index is 0.423. The van der Waals surface area contributed by atoms with E-state index in [0.29, 0.717) is 32.9 Å². The average molecular weight is 236 g/mol. The Labute approximate surface area is 102 Å². The number of rotatable bonds is 8. The second kappa shape index (κ2) is 8.75. The van der Waals surface area contributed by atoms with Crippen molar-refractivity contribution < 1.29 is 9.47 Å². The first-order chi connectivity index (χ1) is 8.36. The highest BCUT2D eigenvalue weighted by molar-refractivity contribution is 5.51. The lowest BCUT2D eigenvalue weighted by Gasteiger charge is -2.10. The van der Waals surface area contributed by atoms with Crippen LogP contribution in [0.15, 0.2) is 36.1 Å². The van der Waals surface area contributed by atoms with E-state index in [2.05, 4.69) is 0 Å². The van der Waals surface area contributed by atoms with Crippen molar-refractivity contribution in [2.24, 2.45) is 11.5 Å². The third-order valence-corrected chi connectivity index (χ3v) is 2.04. The SMILES string of the molecule is NCCOCC(=Cc1ccccc1)OCCN. The molecule has 0 amide bonds. The van der Waals surface area contributed by atoms with Gasteiger partial charge in [0.15, 0.2) is 0 Å². The van der Waals surface area contributed by atoms with Gasteiger partial charge in [-0.3, -0.25) is 0 Å². The molecule has 4 heteroatoms. The van der Waals surface area contributed by atoms with Crippen molar-refractivity contribution >= 4 is 6.08 Å². The van der Waals surface area contributed by atoms with Crippen LogP contribution in [0.3, 0.4) is 0 Å². The molecule has 0 aliphatic carbocycles. The van der Waals surface area contributed by atoms with Crippen LogP contribution in [0.2, 0.25) is 0 Å². The maximum Gasteiger partial charge on any atom is 0.122 e. The molecule has 0 saturated heterocycles. The van der Waals surface area contributed by atoms with Gasteiger partial charge in [0, 0.05) is 13.1 Å². The second-order valence-corrected chi connectivity index (χ2v) is 3.50. The summed E-state index contributed by atoms with van der Waals surface area (Å²) in [4.78, 5) is 0. The molecule has 0 aliphatic heterocycles. The van der Waals surface area contributed by atoms with E-state index in [4.69, 9.17) is 20.9 Å². The van der Waals surface area contributed by atoms with E-state index in [9.17, 15) is 0 Å². The van der Waals surface area contributed by atoms with Crippen LogP contribution in [-0.4, -0.2) is 32.9 Å². The smallest absolute Gasteiger partial charge is 0.122 e. The molecule has 1 aromatic carbocycles. The molecule has 4 nitrogen and oxygen atoms in total. The van der Waals surface area contributed by atoms with Crippen molar-refractivity contribution in [3.63, 3.8) is 0 Å². The van der Waals surface area contributed by atoms with Crippen LogP contribution in [0.1, 0.15) is 5.56 Å². The van der Waals surface area contributed by atoms with Gasteiger partial charge in [0.2, 0.25) is 0 Å². The monoisotopic (exact) mass is 236 g/mol. The zero-order valence-corrected chi connectivity index (χ0v) is 9.97. The summed E-state index contributed by atoms with van der Waals surface area (Å²) in [5.74, 6) is 0.773. The Kier molecular flexibility index (Phi) is 7.06. The van der Waals surface area contributed by atoms with Crippen molar-refractivity contribution in [1.82, 2.24) is 0 Å². The second-order valence-electron chi connectivity index (χ2n) is 3.50. The first-order valence-electron chi connectivity index (χ1n) is 5.73. The summed E-state index contributed by atoms with van der Waals surface area (Å²) in [6, 6.07) is 9.95. The predicted octanol–water partition coefficient (Wildman–Crippen LogP) is 0.978. The van der Waals surface area contributed by atoms with Crippen LogP contribution in [0, 0.1) is 0 Å². The molecule has 1 aromatic rings. The topological polar surface area (TPSA) is 70.5 Å². The van der Waals surface area contributed by atoms with Crippen LogP contribution >= 0.6 is 0 Å². The van der Waals surface area contributed by atoms with E-state index in [1.54, 1.807) is 0 Å². The third-order valence-electron chi connectivity index (χ3n) is 2.04. The van der Waals surface area contributed by atoms with Crippen LogP contribution in [-0.2, 0) is 9.47 Å². The van der Waals surface area contributed by atoms with E-state index in [0.717, 1.165) is 11.3 Å². The molecule has 0 heterocycles. The van der Waals surface area contributed by atoms with E-state index in [1.165, 1.54) is 0 Å². The first kappa shape index (κ1) is 13.7. The van der Waals surface area contributed by atoms with Crippen molar-refractivity contribution in [1.29, 1.82) is 0 Å². The summed E-state index contributed by atoms with van der Waals surface area (Å²) < 4.78 is 10.9. The molecule has 0 spiro atoms. The van der Waals surface area contributed by atoms with Gasteiger partial charge in [-0.15, -0.1) is 0 Å². The lowest BCUT2D eigenvalue weighted by Crippen LogP contribution is -2.13. The summed E-state index contributed by atoms with van der Waals surface area (Å²) >= 11 is 0. The molecule has 0 fully saturated rings. The number of hydrogen-bond donors (Lipinski definition) is 2. The van der Waals surface area contributed by atoms with Gasteiger partial charge in [0.25, 0.3) is 0 Å². The summed E-state index contributed by atoms with van der Waals surface area (Å²) in [6.45, 7) is 2.44. The predicted molar refractivity (Wildman–Crippen MR) is 69.3 cm³/mol. The number of nitrogens with two attached hydrogens (primary N) is 2. The summed E-state index contributed by atoms with van der Waals surface area (Å²) in [7, 11) is 0. The fourth-order valence-electron chi connectivity index (χ4n) is 1.31. The van der Waals surface area contributed by atoms with Crippen LogP contribution in [0.25, 0.3) is 6.08 Å². The van der Waals surface area contributed by atoms with E-state index >= 15 is 0 Å². The summed E-state index contributed by atoms with van der Waals surface area (Å²) in [5, 5.41) is 0. The normalized spacial score (nSPS) is 11.5. The Morgan fingerprint density at radius 2 is 1.76 bits per heavy atom. The minimum absolute atomic E-state index is 0.423. The zero-order valence-electron chi connectivity index (χ0n) is 9.97. The lowest BCUT2D eigenvalue weighted by atomic mass is 10.2. The van der Waals surface area contributed by atoms with E-state index in [-0.39, 0.29) is 0 Å². The maximum absolute atomic E-state index is 5.51. The van der Waals surface area contributed by atoms with Gasteiger partial charge in [0.05, 0.1) is 6.61 Å². The van der Waals surface area contributed by atoms with Crippen LogP contribution < -0.4 is 11.5 Å². The Balaban J connectivity index is 2.57. The van der Waals surface area contributed by atoms with Crippen molar-refractivity contribution in [3.05, 3.63) is 41.7 Å². The number of ether oxygens (including phenoxy) is 2. The Bertz CT molecular complexity index is 325. The molecule has 4 N–H and O–H groups in total. The van der Waals surface area contributed by atoms with Gasteiger partial charge in [-0.05, 0) is 11.6 Å². The Morgan fingerprint density at radius 3 is 2.41 bits per heavy atom. The fraction of sp³-hybridized carbons (Fsp3) is 0.385. The molecular weight excluding hydrogens is 216 g/mol. The number of hydrogen-bond acceptors (Lipinski definition) is 4. The van der Waals surface area contributed by atoms with Gasteiger partial charge in [-0.25, -0.2) is 0 Å². The van der Waals surface area contributed by atoms with Crippen molar-refractivity contribution in [2.75, 3.05) is 32.9 Å². The molecule has 0 aromatic heterocycles. The summed E-state index contributed by atoms with van der Waals surface area (Å²) in [5.41, 5.74) is 11.9. The number of benzene rings is 1. The Morgan fingerprint density at radius 1 is 1.06 bits per heavy atom. The average Bonchev–Trinajstić information content (AvgIpc) is 2.37. The van der Waals surface area contributed by atoms with Gasteiger partial charge >= 0.3 is 0 Å². The van der Waals surface area contributed by atoms with Gasteiger partial charge in [-0.1, -0.05) is 30.3 Å². The molecule has 0 bridgehead atoms. The van der Waals surface area contributed by atoms with E-state index < -0.39 is 0 Å². The highest BCUT2D eigenvalue weighted by Gasteiger charge is 1.99. The molecule has 0 saturated carbocycles. The Hall–Kier alpha value is -1.36. The van der Waals surface area contributed by atoms with Crippen molar-refractivity contribution in [2.45, 2.75) is 0 Å². The highest BCUT2D eigenvalue weighted by atomic mass is 16.5. The maximum atomic E-state index is 5.51. The molecule has 0 atom stereocenters. The standard InChI is InChI=1S/C13H20N2O2/c14-6-8-16-11-13(17-9-7-15)10-12-4-2-1-3-5-12/h1-5,10H,6-9,11,14-15H2. The largest absolute Gasteiger partial charge is 0.494 e. The third kappa shape index (κ3) is 6.06. The lowest BCUT2D eigenvalue weighted by molar-refractivity contribution is 0.106. The molecule has 0 aliphatic rings.